The Hall–Kier alpha value is -3.15. The van der Waals surface area contributed by atoms with Crippen LogP contribution in [0.5, 0.6) is 0 Å². The number of amides is 2. The number of ether oxygens (including phenoxy) is 1. The monoisotopic (exact) mass is 380 g/mol. The van der Waals surface area contributed by atoms with Crippen molar-refractivity contribution in [2.45, 2.75) is 26.8 Å². The first-order valence-corrected chi connectivity index (χ1v) is 9.28. The SMILES string of the molecule is Cc1ccc(CN2C[C@H](C(=O)OCC(=O)Nc3ccccc3C)CC2=O)cc1. The van der Waals surface area contributed by atoms with Gasteiger partial charge in [0.15, 0.2) is 6.61 Å². The first-order valence-electron chi connectivity index (χ1n) is 9.28. The van der Waals surface area contributed by atoms with Crippen LogP contribution in [0.4, 0.5) is 5.69 Å². The molecule has 28 heavy (non-hydrogen) atoms. The fourth-order valence-electron chi connectivity index (χ4n) is 3.15. The van der Waals surface area contributed by atoms with E-state index in [-0.39, 0.29) is 18.9 Å². The minimum Gasteiger partial charge on any atom is -0.455 e. The third kappa shape index (κ3) is 4.97. The van der Waals surface area contributed by atoms with Crippen LogP contribution in [-0.4, -0.2) is 35.8 Å². The second-order valence-corrected chi connectivity index (χ2v) is 7.13. The van der Waals surface area contributed by atoms with E-state index in [9.17, 15) is 14.4 Å². The summed E-state index contributed by atoms with van der Waals surface area (Å²) in [5, 5.41) is 2.72. The molecule has 2 aromatic carbocycles. The number of carbonyl (C=O) groups excluding carboxylic acids is 3. The predicted molar refractivity (Wildman–Crippen MR) is 105 cm³/mol. The number of aryl methyl sites for hydroxylation is 2. The normalized spacial score (nSPS) is 16.1. The molecule has 1 N–H and O–H groups in total. The van der Waals surface area contributed by atoms with Gasteiger partial charge in [-0.05, 0) is 31.0 Å². The van der Waals surface area contributed by atoms with Crippen molar-refractivity contribution >= 4 is 23.5 Å². The van der Waals surface area contributed by atoms with E-state index < -0.39 is 17.8 Å². The predicted octanol–water partition coefficient (Wildman–Crippen LogP) is 2.83. The number of likely N-dealkylation sites (tertiary alicyclic amines) is 1. The van der Waals surface area contributed by atoms with Gasteiger partial charge in [0.2, 0.25) is 5.91 Å². The Morgan fingerprint density at radius 2 is 1.82 bits per heavy atom. The maximum Gasteiger partial charge on any atom is 0.311 e. The minimum atomic E-state index is -0.538. The number of nitrogens with one attached hydrogen (secondary N) is 1. The molecule has 1 fully saturated rings. The Balaban J connectivity index is 1.48. The highest BCUT2D eigenvalue weighted by Crippen LogP contribution is 2.21. The van der Waals surface area contributed by atoms with Gasteiger partial charge in [0, 0.05) is 25.2 Å². The van der Waals surface area contributed by atoms with Gasteiger partial charge in [-0.15, -0.1) is 0 Å². The standard InChI is InChI=1S/C22H24N2O4/c1-15-7-9-17(10-8-15)12-24-13-18(11-21(24)26)22(27)28-14-20(25)23-19-6-4-3-5-16(19)2/h3-10,18H,11-14H2,1-2H3,(H,23,25)/t18-/m1/s1. The quantitative estimate of drug-likeness (QED) is 0.782. The van der Waals surface area contributed by atoms with E-state index in [0.717, 1.165) is 16.7 Å². The van der Waals surface area contributed by atoms with Crippen LogP contribution in [-0.2, 0) is 25.7 Å². The molecule has 0 radical (unpaired) electrons. The molecular weight excluding hydrogens is 356 g/mol. The van der Waals surface area contributed by atoms with E-state index in [4.69, 9.17) is 4.74 Å². The van der Waals surface area contributed by atoms with Crippen molar-refractivity contribution < 1.29 is 19.1 Å². The molecule has 0 unspecified atom stereocenters. The summed E-state index contributed by atoms with van der Waals surface area (Å²) in [4.78, 5) is 38.2. The first kappa shape index (κ1) is 19.6. The summed E-state index contributed by atoms with van der Waals surface area (Å²) in [7, 11) is 0. The molecule has 1 saturated heterocycles. The molecule has 146 valence electrons. The zero-order valence-corrected chi connectivity index (χ0v) is 16.1. The summed E-state index contributed by atoms with van der Waals surface area (Å²) in [6.07, 6.45) is 0.115. The number of para-hydroxylation sites is 1. The van der Waals surface area contributed by atoms with Gasteiger partial charge in [-0.3, -0.25) is 14.4 Å². The lowest BCUT2D eigenvalue weighted by atomic mass is 10.1. The lowest BCUT2D eigenvalue weighted by Gasteiger charge is -2.16. The fourth-order valence-corrected chi connectivity index (χ4v) is 3.15. The zero-order valence-electron chi connectivity index (χ0n) is 16.1. The van der Waals surface area contributed by atoms with E-state index in [2.05, 4.69) is 5.32 Å². The summed E-state index contributed by atoms with van der Waals surface area (Å²) in [6.45, 7) is 4.30. The highest BCUT2D eigenvalue weighted by Gasteiger charge is 2.35. The molecule has 3 rings (SSSR count). The average molecular weight is 380 g/mol. The van der Waals surface area contributed by atoms with Crippen LogP contribution in [0.3, 0.4) is 0 Å². The van der Waals surface area contributed by atoms with Crippen molar-refractivity contribution in [1.82, 2.24) is 4.90 Å². The molecule has 2 aromatic rings. The van der Waals surface area contributed by atoms with Gasteiger partial charge in [0.25, 0.3) is 5.91 Å². The fraction of sp³-hybridized carbons (Fsp3) is 0.318. The number of benzene rings is 2. The smallest absolute Gasteiger partial charge is 0.311 e. The van der Waals surface area contributed by atoms with Gasteiger partial charge in [0.1, 0.15) is 0 Å². The van der Waals surface area contributed by atoms with E-state index in [0.29, 0.717) is 18.8 Å². The summed E-state index contributed by atoms with van der Waals surface area (Å²) >= 11 is 0. The molecule has 0 aromatic heterocycles. The van der Waals surface area contributed by atoms with E-state index in [1.54, 1.807) is 11.0 Å². The molecule has 2 amide bonds. The van der Waals surface area contributed by atoms with Gasteiger partial charge in [0.05, 0.1) is 5.92 Å². The molecule has 1 heterocycles. The summed E-state index contributed by atoms with van der Waals surface area (Å²) in [5.41, 5.74) is 3.78. The number of carbonyl (C=O) groups is 3. The van der Waals surface area contributed by atoms with Crippen LogP contribution in [0.25, 0.3) is 0 Å². The van der Waals surface area contributed by atoms with Crippen LogP contribution in [0.1, 0.15) is 23.1 Å². The summed E-state index contributed by atoms with van der Waals surface area (Å²) in [6, 6.07) is 15.3. The van der Waals surface area contributed by atoms with Crippen molar-refractivity contribution in [3.05, 3.63) is 65.2 Å². The van der Waals surface area contributed by atoms with Crippen molar-refractivity contribution in [3.8, 4) is 0 Å². The Morgan fingerprint density at radius 3 is 2.54 bits per heavy atom. The summed E-state index contributed by atoms with van der Waals surface area (Å²) in [5.74, 6) is -1.53. The number of hydrogen-bond donors (Lipinski definition) is 1. The maximum absolute atomic E-state index is 12.3. The van der Waals surface area contributed by atoms with Crippen LogP contribution in [0, 0.1) is 19.8 Å². The van der Waals surface area contributed by atoms with E-state index in [1.165, 1.54) is 0 Å². The molecule has 0 aliphatic carbocycles. The number of rotatable bonds is 6. The Kier molecular flexibility index (Phi) is 6.09. The van der Waals surface area contributed by atoms with Gasteiger partial charge in [-0.1, -0.05) is 48.0 Å². The average Bonchev–Trinajstić information content (AvgIpc) is 3.04. The Labute approximate surface area is 164 Å². The summed E-state index contributed by atoms with van der Waals surface area (Å²) < 4.78 is 5.13. The highest BCUT2D eigenvalue weighted by molar-refractivity contribution is 5.94. The lowest BCUT2D eigenvalue weighted by molar-refractivity contribution is -0.151. The van der Waals surface area contributed by atoms with Gasteiger partial charge >= 0.3 is 5.97 Å². The third-order valence-corrected chi connectivity index (χ3v) is 4.81. The van der Waals surface area contributed by atoms with Crippen LogP contribution in [0.2, 0.25) is 0 Å². The lowest BCUT2D eigenvalue weighted by Crippen LogP contribution is -2.28. The second kappa shape index (κ2) is 8.69. The molecule has 0 saturated carbocycles. The molecule has 1 aliphatic rings. The molecule has 6 heteroatoms. The molecule has 1 aliphatic heterocycles. The van der Waals surface area contributed by atoms with Crippen LogP contribution < -0.4 is 5.32 Å². The van der Waals surface area contributed by atoms with Gasteiger partial charge in [-0.2, -0.15) is 0 Å². The third-order valence-electron chi connectivity index (χ3n) is 4.81. The highest BCUT2D eigenvalue weighted by atomic mass is 16.5. The van der Waals surface area contributed by atoms with Crippen molar-refractivity contribution in [3.63, 3.8) is 0 Å². The number of anilines is 1. The number of hydrogen-bond acceptors (Lipinski definition) is 4. The molecular formula is C22H24N2O4. The molecule has 1 atom stereocenters. The largest absolute Gasteiger partial charge is 0.455 e. The number of esters is 1. The van der Waals surface area contributed by atoms with Crippen LogP contribution in [0.15, 0.2) is 48.5 Å². The van der Waals surface area contributed by atoms with E-state index in [1.807, 2.05) is 56.3 Å². The zero-order chi connectivity index (χ0) is 20.1. The topological polar surface area (TPSA) is 75.7 Å². The maximum atomic E-state index is 12.3. The van der Waals surface area contributed by atoms with Gasteiger partial charge < -0.3 is 15.0 Å². The van der Waals surface area contributed by atoms with Crippen molar-refractivity contribution in [2.75, 3.05) is 18.5 Å². The minimum absolute atomic E-state index is 0.0770. The number of nitrogens with zero attached hydrogens (tertiary/aromatic N) is 1. The second-order valence-electron chi connectivity index (χ2n) is 7.13. The Morgan fingerprint density at radius 1 is 1.11 bits per heavy atom. The molecule has 0 bridgehead atoms. The van der Waals surface area contributed by atoms with Crippen molar-refractivity contribution in [1.29, 1.82) is 0 Å². The molecule has 6 nitrogen and oxygen atoms in total. The van der Waals surface area contributed by atoms with E-state index >= 15 is 0 Å². The van der Waals surface area contributed by atoms with Crippen LogP contribution >= 0.6 is 0 Å². The first-order chi connectivity index (χ1) is 13.4. The van der Waals surface area contributed by atoms with Crippen molar-refractivity contribution in [2.24, 2.45) is 5.92 Å². The Bertz CT molecular complexity index is 876. The molecule has 0 spiro atoms. The van der Waals surface area contributed by atoms with Gasteiger partial charge in [-0.25, -0.2) is 0 Å².